The number of nitrogens with two attached hydrogens (primary N) is 1. The first kappa shape index (κ1) is 8.43. The van der Waals surface area contributed by atoms with Crippen LogP contribution in [-0.2, 0) is 4.94 Å². The summed E-state index contributed by atoms with van der Waals surface area (Å²) < 4.78 is 0. The zero-order chi connectivity index (χ0) is 7.11. The Balaban J connectivity index is 3.25. The zero-order valence-corrected chi connectivity index (χ0v) is 6.05. The second-order valence-electron chi connectivity index (χ2n) is 2.04. The minimum atomic E-state index is 0.958. The van der Waals surface area contributed by atoms with Gasteiger partial charge in [0.15, 0.2) is 0 Å². The molecule has 0 unspecified atom stereocenters. The van der Waals surface area contributed by atoms with Crippen LogP contribution in [0.1, 0.15) is 33.1 Å². The van der Waals surface area contributed by atoms with Crippen LogP contribution in [0.25, 0.3) is 0 Å². The van der Waals surface area contributed by atoms with Gasteiger partial charge in [-0.3, -0.25) is 0 Å². The zero-order valence-electron chi connectivity index (χ0n) is 6.05. The smallest absolute Gasteiger partial charge is 0.0566 e. The average molecular weight is 130 g/mol. The molecule has 0 aliphatic carbocycles. The molecule has 2 N–H and O–H groups in total. The van der Waals surface area contributed by atoms with Crippen LogP contribution in [-0.4, -0.2) is 5.71 Å². The van der Waals surface area contributed by atoms with E-state index in [4.69, 9.17) is 5.90 Å². The molecule has 0 aromatic heterocycles. The monoisotopic (exact) mass is 130 g/mol. The van der Waals surface area contributed by atoms with E-state index >= 15 is 0 Å². The highest BCUT2D eigenvalue weighted by molar-refractivity contribution is 5.81. The standard InChI is InChI=1S/C6H14N2O/c1-3-4-5-6(2)8-9-7/h3-5,7H2,1-2H3. The van der Waals surface area contributed by atoms with E-state index in [0.29, 0.717) is 0 Å². The van der Waals surface area contributed by atoms with Crippen LogP contribution in [0.3, 0.4) is 0 Å². The van der Waals surface area contributed by atoms with Crippen molar-refractivity contribution in [3.05, 3.63) is 0 Å². The summed E-state index contributed by atoms with van der Waals surface area (Å²) in [5.41, 5.74) is 0.958. The molecule has 3 nitrogen and oxygen atoms in total. The normalized spacial score (nSPS) is 11.7. The maximum absolute atomic E-state index is 4.71. The lowest BCUT2D eigenvalue weighted by Gasteiger charge is -1.94. The van der Waals surface area contributed by atoms with E-state index in [-0.39, 0.29) is 0 Å². The number of hydrogen-bond acceptors (Lipinski definition) is 3. The number of nitrogens with zero attached hydrogens (tertiary/aromatic N) is 1. The summed E-state index contributed by atoms with van der Waals surface area (Å²) in [5, 5.41) is 3.56. The van der Waals surface area contributed by atoms with E-state index in [0.717, 1.165) is 18.6 Å². The molecule has 0 radical (unpaired) electrons. The molecular formula is C6H14N2O. The summed E-state index contributed by atoms with van der Waals surface area (Å²) in [4.78, 5) is 4.09. The topological polar surface area (TPSA) is 47.6 Å². The van der Waals surface area contributed by atoms with Crippen LogP contribution in [0.15, 0.2) is 5.16 Å². The Morgan fingerprint density at radius 2 is 2.33 bits per heavy atom. The van der Waals surface area contributed by atoms with Crippen molar-refractivity contribution in [3.8, 4) is 0 Å². The lowest BCUT2D eigenvalue weighted by Crippen LogP contribution is -1.96. The summed E-state index contributed by atoms with van der Waals surface area (Å²) in [6, 6.07) is 0. The summed E-state index contributed by atoms with van der Waals surface area (Å²) in [7, 11) is 0. The molecule has 0 heterocycles. The minimum Gasteiger partial charge on any atom is -0.303 e. The number of rotatable bonds is 4. The maximum Gasteiger partial charge on any atom is 0.0566 e. The lowest BCUT2D eigenvalue weighted by molar-refractivity contribution is 0.148. The van der Waals surface area contributed by atoms with Gasteiger partial charge in [0, 0.05) is 0 Å². The van der Waals surface area contributed by atoms with Crippen molar-refractivity contribution in [3.63, 3.8) is 0 Å². The number of oxime groups is 1. The van der Waals surface area contributed by atoms with E-state index < -0.39 is 0 Å². The summed E-state index contributed by atoms with van der Waals surface area (Å²) >= 11 is 0. The van der Waals surface area contributed by atoms with Crippen LogP contribution in [0.4, 0.5) is 0 Å². The fourth-order valence-electron chi connectivity index (χ4n) is 0.568. The van der Waals surface area contributed by atoms with Crippen LogP contribution < -0.4 is 5.90 Å². The van der Waals surface area contributed by atoms with E-state index in [1.165, 1.54) is 6.42 Å². The Morgan fingerprint density at radius 3 is 2.78 bits per heavy atom. The fraction of sp³-hybridized carbons (Fsp3) is 0.833. The predicted octanol–water partition coefficient (Wildman–Crippen LogP) is 1.44. The highest BCUT2D eigenvalue weighted by Crippen LogP contribution is 1.95. The number of hydrogen-bond donors (Lipinski definition) is 1. The molecule has 0 aliphatic heterocycles. The highest BCUT2D eigenvalue weighted by Gasteiger charge is 1.88. The van der Waals surface area contributed by atoms with Gasteiger partial charge >= 0.3 is 0 Å². The van der Waals surface area contributed by atoms with Gasteiger partial charge in [0.1, 0.15) is 0 Å². The Hall–Kier alpha value is -0.570. The van der Waals surface area contributed by atoms with Gasteiger partial charge in [0.2, 0.25) is 0 Å². The van der Waals surface area contributed by atoms with E-state index in [9.17, 15) is 0 Å². The molecule has 54 valence electrons. The third kappa shape index (κ3) is 5.30. The largest absolute Gasteiger partial charge is 0.303 e. The van der Waals surface area contributed by atoms with Crippen molar-refractivity contribution >= 4 is 5.71 Å². The first-order valence-electron chi connectivity index (χ1n) is 3.20. The van der Waals surface area contributed by atoms with Crippen LogP contribution in [0.2, 0.25) is 0 Å². The molecule has 0 aliphatic rings. The van der Waals surface area contributed by atoms with Gasteiger partial charge < -0.3 is 4.94 Å². The van der Waals surface area contributed by atoms with E-state index in [1.54, 1.807) is 0 Å². The summed E-state index contributed by atoms with van der Waals surface area (Å²) in [6.07, 6.45) is 3.31. The summed E-state index contributed by atoms with van der Waals surface area (Å²) in [6.45, 7) is 4.04. The molecule has 0 saturated heterocycles. The molecule has 0 aromatic carbocycles. The van der Waals surface area contributed by atoms with Crippen molar-refractivity contribution in [2.75, 3.05) is 0 Å². The van der Waals surface area contributed by atoms with Crippen LogP contribution in [0, 0.1) is 0 Å². The van der Waals surface area contributed by atoms with Crippen LogP contribution >= 0.6 is 0 Å². The average Bonchev–Trinajstić information content (AvgIpc) is 1.85. The Kier molecular flexibility index (Phi) is 5.21. The molecule has 3 heteroatoms. The fourth-order valence-corrected chi connectivity index (χ4v) is 0.568. The quantitative estimate of drug-likeness (QED) is 0.462. The van der Waals surface area contributed by atoms with Gasteiger partial charge in [-0.15, -0.1) is 5.90 Å². The molecule has 0 saturated carbocycles. The van der Waals surface area contributed by atoms with Crippen molar-refractivity contribution in [1.29, 1.82) is 0 Å². The third-order valence-corrected chi connectivity index (χ3v) is 1.10. The second-order valence-corrected chi connectivity index (χ2v) is 2.04. The second kappa shape index (κ2) is 5.56. The molecule has 0 atom stereocenters. The molecule has 9 heavy (non-hydrogen) atoms. The Morgan fingerprint density at radius 1 is 1.67 bits per heavy atom. The molecule has 0 amide bonds. The van der Waals surface area contributed by atoms with Crippen molar-refractivity contribution in [2.24, 2.45) is 11.1 Å². The van der Waals surface area contributed by atoms with Gasteiger partial charge in [-0.25, -0.2) is 0 Å². The lowest BCUT2D eigenvalue weighted by atomic mass is 10.2. The first-order valence-corrected chi connectivity index (χ1v) is 3.20. The predicted molar refractivity (Wildman–Crippen MR) is 37.9 cm³/mol. The van der Waals surface area contributed by atoms with E-state index in [1.807, 2.05) is 6.92 Å². The summed E-state index contributed by atoms with van der Waals surface area (Å²) in [5.74, 6) is 4.71. The van der Waals surface area contributed by atoms with Gasteiger partial charge in [0.05, 0.1) is 5.71 Å². The molecular weight excluding hydrogens is 116 g/mol. The van der Waals surface area contributed by atoms with Crippen molar-refractivity contribution in [2.45, 2.75) is 33.1 Å². The first-order chi connectivity index (χ1) is 4.31. The van der Waals surface area contributed by atoms with Crippen molar-refractivity contribution < 1.29 is 4.94 Å². The maximum atomic E-state index is 4.71. The molecule has 0 spiro atoms. The Bertz CT molecular complexity index is 91.1. The van der Waals surface area contributed by atoms with E-state index in [2.05, 4.69) is 17.0 Å². The molecule has 0 bridgehead atoms. The van der Waals surface area contributed by atoms with Gasteiger partial charge in [-0.2, -0.15) is 0 Å². The highest BCUT2D eigenvalue weighted by atomic mass is 16.7. The molecule has 0 rings (SSSR count). The SMILES string of the molecule is CCCCC(C)=NON. The minimum absolute atomic E-state index is 0.958. The number of unbranched alkanes of at least 4 members (excludes halogenated alkanes) is 1. The van der Waals surface area contributed by atoms with Gasteiger partial charge in [-0.1, -0.05) is 18.5 Å². The van der Waals surface area contributed by atoms with Gasteiger partial charge in [-0.05, 0) is 19.8 Å². The molecule has 0 fully saturated rings. The third-order valence-electron chi connectivity index (χ3n) is 1.10. The molecule has 0 aromatic rings. The Labute approximate surface area is 55.8 Å². The van der Waals surface area contributed by atoms with Crippen molar-refractivity contribution in [1.82, 2.24) is 0 Å². The van der Waals surface area contributed by atoms with Gasteiger partial charge in [0.25, 0.3) is 0 Å². The van der Waals surface area contributed by atoms with Crippen LogP contribution in [0.5, 0.6) is 0 Å².